The first-order valence-corrected chi connectivity index (χ1v) is 8.79. The molecular formula is C19H31ClN2O2. The molecule has 5 heteroatoms. The van der Waals surface area contributed by atoms with Crippen LogP contribution in [0.3, 0.4) is 0 Å². The first-order valence-electron chi connectivity index (χ1n) is 8.79. The highest BCUT2D eigenvalue weighted by atomic mass is 35.5. The maximum absolute atomic E-state index is 12.1. The Bertz CT molecular complexity index is 460. The van der Waals surface area contributed by atoms with Gasteiger partial charge in [0.2, 0.25) is 5.91 Å². The molecule has 24 heavy (non-hydrogen) atoms. The fourth-order valence-corrected chi connectivity index (χ4v) is 3.47. The summed E-state index contributed by atoms with van der Waals surface area (Å²) in [7, 11) is 1.66. The van der Waals surface area contributed by atoms with Gasteiger partial charge in [-0.1, -0.05) is 56.0 Å². The zero-order valence-corrected chi connectivity index (χ0v) is 15.5. The minimum Gasteiger partial charge on any atom is -0.383 e. The van der Waals surface area contributed by atoms with Gasteiger partial charge >= 0.3 is 0 Å². The van der Waals surface area contributed by atoms with Crippen LogP contribution < -0.4 is 10.6 Å². The van der Waals surface area contributed by atoms with Crippen LogP contribution in [0, 0.1) is 0 Å². The van der Waals surface area contributed by atoms with E-state index in [-0.39, 0.29) is 23.7 Å². The van der Waals surface area contributed by atoms with E-state index in [9.17, 15) is 4.79 Å². The van der Waals surface area contributed by atoms with Gasteiger partial charge in [-0.3, -0.25) is 4.79 Å². The van der Waals surface area contributed by atoms with Crippen LogP contribution >= 0.6 is 12.4 Å². The number of methoxy groups -OCH3 is 1. The summed E-state index contributed by atoms with van der Waals surface area (Å²) in [6.07, 6.45) is 7.43. The van der Waals surface area contributed by atoms with Crippen molar-refractivity contribution in [2.75, 3.05) is 33.4 Å². The number of amides is 1. The summed E-state index contributed by atoms with van der Waals surface area (Å²) in [5.41, 5.74) is 1.47. The molecular weight excluding hydrogens is 324 g/mol. The van der Waals surface area contributed by atoms with Crippen LogP contribution in [-0.2, 0) is 14.9 Å². The van der Waals surface area contributed by atoms with Crippen molar-refractivity contribution in [1.82, 2.24) is 10.6 Å². The molecule has 136 valence electrons. The van der Waals surface area contributed by atoms with E-state index >= 15 is 0 Å². The number of ether oxygens (including phenoxy) is 1. The molecule has 0 saturated heterocycles. The summed E-state index contributed by atoms with van der Waals surface area (Å²) < 4.78 is 4.97. The zero-order valence-electron chi connectivity index (χ0n) is 14.7. The van der Waals surface area contributed by atoms with Gasteiger partial charge in [0, 0.05) is 25.6 Å². The Hall–Kier alpha value is -1.10. The second-order valence-electron chi connectivity index (χ2n) is 6.51. The van der Waals surface area contributed by atoms with Crippen molar-refractivity contribution in [3.63, 3.8) is 0 Å². The predicted molar refractivity (Wildman–Crippen MR) is 101 cm³/mol. The van der Waals surface area contributed by atoms with Crippen molar-refractivity contribution in [3.8, 4) is 0 Å². The van der Waals surface area contributed by atoms with Crippen LogP contribution in [0.1, 0.15) is 44.1 Å². The van der Waals surface area contributed by atoms with Crippen LogP contribution in [0.2, 0.25) is 0 Å². The van der Waals surface area contributed by atoms with Gasteiger partial charge < -0.3 is 15.4 Å². The number of hydrogen-bond donors (Lipinski definition) is 2. The smallest absolute Gasteiger partial charge is 0.233 e. The van der Waals surface area contributed by atoms with Crippen LogP contribution in [0.15, 0.2) is 30.3 Å². The Balaban J connectivity index is 0.00000288. The molecule has 0 atom stereocenters. The second-order valence-corrected chi connectivity index (χ2v) is 6.51. The lowest BCUT2D eigenvalue weighted by Gasteiger charge is -2.34. The van der Waals surface area contributed by atoms with Crippen molar-refractivity contribution in [1.29, 1.82) is 0 Å². The van der Waals surface area contributed by atoms with Crippen LogP contribution in [0.25, 0.3) is 0 Å². The molecule has 1 aliphatic carbocycles. The largest absolute Gasteiger partial charge is 0.383 e. The van der Waals surface area contributed by atoms with E-state index in [1.54, 1.807) is 7.11 Å². The fraction of sp³-hybridized carbons (Fsp3) is 0.632. The molecule has 4 nitrogen and oxygen atoms in total. The average molecular weight is 355 g/mol. The quantitative estimate of drug-likeness (QED) is 0.557. The molecule has 1 aromatic rings. The molecule has 0 heterocycles. The molecule has 0 aliphatic heterocycles. The summed E-state index contributed by atoms with van der Waals surface area (Å²) in [4.78, 5) is 12.1. The average Bonchev–Trinajstić information content (AvgIpc) is 2.84. The fourth-order valence-electron chi connectivity index (χ4n) is 3.47. The lowest BCUT2D eigenvalue weighted by Crippen LogP contribution is -2.43. The summed E-state index contributed by atoms with van der Waals surface area (Å²) >= 11 is 0. The predicted octanol–water partition coefficient (Wildman–Crippen LogP) is 3.05. The van der Waals surface area contributed by atoms with E-state index in [1.807, 2.05) is 0 Å². The number of rotatable bonds is 8. The first-order chi connectivity index (χ1) is 11.3. The maximum Gasteiger partial charge on any atom is 0.233 e. The topological polar surface area (TPSA) is 50.4 Å². The third-order valence-corrected chi connectivity index (χ3v) is 4.84. The Labute approximate surface area is 152 Å². The Kier molecular flexibility index (Phi) is 9.99. The molecule has 1 amide bonds. The van der Waals surface area contributed by atoms with Gasteiger partial charge in [-0.15, -0.1) is 12.4 Å². The molecule has 2 N–H and O–H groups in total. The summed E-state index contributed by atoms with van der Waals surface area (Å²) in [5, 5.41) is 6.26. The highest BCUT2D eigenvalue weighted by Gasteiger charge is 2.32. The number of benzene rings is 1. The third kappa shape index (κ3) is 6.42. The lowest BCUT2D eigenvalue weighted by molar-refractivity contribution is -0.120. The third-order valence-electron chi connectivity index (χ3n) is 4.84. The monoisotopic (exact) mass is 354 g/mol. The van der Waals surface area contributed by atoms with Gasteiger partial charge in [0.05, 0.1) is 13.2 Å². The lowest BCUT2D eigenvalue weighted by atomic mass is 9.74. The molecule has 1 aliphatic rings. The molecule has 0 aromatic heterocycles. The maximum atomic E-state index is 12.1. The highest BCUT2D eigenvalue weighted by Crippen LogP contribution is 2.37. The minimum atomic E-state index is 0. The molecule has 2 rings (SSSR count). The normalized spacial score (nSPS) is 16.7. The first kappa shape index (κ1) is 20.9. The van der Waals surface area contributed by atoms with E-state index in [2.05, 4.69) is 41.0 Å². The van der Waals surface area contributed by atoms with Gasteiger partial charge in [-0.05, 0) is 18.4 Å². The minimum absolute atomic E-state index is 0. The molecule has 0 bridgehead atoms. The molecule has 0 spiro atoms. The Morgan fingerprint density at radius 2 is 1.79 bits per heavy atom. The van der Waals surface area contributed by atoms with E-state index < -0.39 is 0 Å². The number of nitrogens with one attached hydrogen (secondary N) is 2. The Morgan fingerprint density at radius 3 is 2.42 bits per heavy atom. The number of carbonyl (C=O) groups is 1. The van der Waals surface area contributed by atoms with Gasteiger partial charge in [0.15, 0.2) is 0 Å². The van der Waals surface area contributed by atoms with Gasteiger partial charge in [0.25, 0.3) is 0 Å². The summed E-state index contributed by atoms with van der Waals surface area (Å²) in [5.74, 6) is 0.0701. The van der Waals surface area contributed by atoms with Crippen LogP contribution in [0.5, 0.6) is 0 Å². The van der Waals surface area contributed by atoms with Crippen molar-refractivity contribution in [3.05, 3.63) is 35.9 Å². The van der Waals surface area contributed by atoms with Gasteiger partial charge in [-0.25, -0.2) is 0 Å². The van der Waals surface area contributed by atoms with E-state index in [1.165, 1.54) is 31.2 Å². The number of carbonyl (C=O) groups excluding carboxylic acids is 1. The van der Waals surface area contributed by atoms with Crippen molar-refractivity contribution < 1.29 is 9.53 Å². The number of hydrogen-bond acceptors (Lipinski definition) is 3. The summed E-state index contributed by atoms with van der Waals surface area (Å²) in [6, 6.07) is 10.7. The van der Waals surface area contributed by atoms with Crippen molar-refractivity contribution in [2.45, 2.75) is 43.9 Å². The van der Waals surface area contributed by atoms with Crippen molar-refractivity contribution >= 4 is 18.3 Å². The van der Waals surface area contributed by atoms with Crippen LogP contribution in [0.4, 0.5) is 0 Å². The van der Waals surface area contributed by atoms with Crippen LogP contribution in [-0.4, -0.2) is 39.3 Å². The van der Waals surface area contributed by atoms with Gasteiger partial charge in [0.1, 0.15) is 0 Å². The Morgan fingerprint density at radius 1 is 1.12 bits per heavy atom. The zero-order chi connectivity index (χ0) is 16.4. The van der Waals surface area contributed by atoms with E-state index in [0.29, 0.717) is 19.7 Å². The summed E-state index contributed by atoms with van der Waals surface area (Å²) in [6.45, 7) is 2.42. The highest BCUT2D eigenvalue weighted by molar-refractivity contribution is 5.85. The molecule has 1 aromatic carbocycles. The molecule has 1 fully saturated rings. The van der Waals surface area contributed by atoms with E-state index in [4.69, 9.17) is 4.74 Å². The molecule has 0 unspecified atom stereocenters. The van der Waals surface area contributed by atoms with Crippen molar-refractivity contribution in [2.24, 2.45) is 0 Å². The van der Waals surface area contributed by atoms with E-state index in [0.717, 1.165) is 19.4 Å². The second kappa shape index (κ2) is 11.5. The number of halogens is 1. The molecule has 0 radical (unpaired) electrons. The SMILES string of the molecule is COCCNCC(=O)NCC1(c2ccccc2)CCCCCC1.Cl. The molecule has 1 saturated carbocycles. The van der Waals surface area contributed by atoms with Gasteiger partial charge in [-0.2, -0.15) is 0 Å². The standard InChI is InChI=1S/C19H30N2O2.ClH/c1-23-14-13-20-15-18(22)21-16-19(11-7-2-3-8-12-19)17-9-5-4-6-10-17;/h4-6,9-10,20H,2-3,7-8,11-16H2,1H3,(H,21,22);1H.